The molecule has 2 heteroatoms. The molecule has 0 atom stereocenters. The molecule has 0 N–H and O–H groups in total. The number of rotatable bonds is 3. The van der Waals surface area contributed by atoms with Gasteiger partial charge in [0.15, 0.2) is 0 Å². The van der Waals surface area contributed by atoms with Crippen molar-refractivity contribution in [3.8, 4) is 5.69 Å². The molecule has 5 aromatic rings. The van der Waals surface area contributed by atoms with Crippen LogP contribution in [0.5, 0.6) is 0 Å². The third kappa shape index (κ3) is 2.96. The van der Waals surface area contributed by atoms with Gasteiger partial charge in [0.05, 0.1) is 11.0 Å². The van der Waals surface area contributed by atoms with E-state index in [2.05, 4.69) is 118 Å². The van der Waals surface area contributed by atoms with Gasteiger partial charge in [0.1, 0.15) is 0 Å². The summed E-state index contributed by atoms with van der Waals surface area (Å²) in [5.41, 5.74) is 6.34. The van der Waals surface area contributed by atoms with Crippen molar-refractivity contribution in [1.82, 2.24) is 4.57 Å². The SMILES string of the molecule is Brc1ccc(Cc2ccc(-n3c4ccccc4c4ccccc43)cc2)cc1. The minimum Gasteiger partial charge on any atom is -0.309 e. The predicted octanol–water partition coefficient (Wildman–Crippen LogP) is 7.14. The maximum atomic E-state index is 3.50. The molecule has 5 rings (SSSR count). The van der Waals surface area contributed by atoms with Crippen LogP contribution in [0.25, 0.3) is 27.5 Å². The molecule has 0 amide bonds. The monoisotopic (exact) mass is 411 g/mol. The molecule has 0 spiro atoms. The number of hydrogen-bond donors (Lipinski definition) is 0. The Bertz CT molecular complexity index is 1180. The van der Waals surface area contributed by atoms with E-state index in [1.165, 1.54) is 38.6 Å². The van der Waals surface area contributed by atoms with Crippen molar-refractivity contribution in [1.29, 1.82) is 0 Å². The first-order chi connectivity index (χ1) is 13.3. The molecule has 0 aliphatic rings. The van der Waals surface area contributed by atoms with Crippen LogP contribution >= 0.6 is 15.9 Å². The lowest BCUT2D eigenvalue weighted by Gasteiger charge is -2.09. The topological polar surface area (TPSA) is 4.93 Å². The van der Waals surface area contributed by atoms with Gasteiger partial charge in [-0.15, -0.1) is 0 Å². The fraction of sp³-hybridized carbons (Fsp3) is 0.0400. The van der Waals surface area contributed by atoms with Crippen molar-refractivity contribution in [3.05, 3.63) is 113 Å². The second-order valence-electron chi connectivity index (χ2n) is 6.84. The second-order valence-corrected chi connectivity index (χ2v) is 7.76. The summed E-state index contributed by atoms with van der Waals surface area (Å²) in [5, 5.41) is 2.60. The molecule has 1 nitrogen and oxygen atoms in total. The van der Waals surface area contributed by atoms with E-state index in [1.807, 2.05) is 0 Å². The number of hydrogen-bond acceptors (Lipinski definition) is 0. The molecule has 0 saturated carbocycles. The minimum atomic E-state index is 0.945. The fourth-order valence-corrected chi connectivity index (χ4v) is 4.07. The molecule has 1 aromatic heterocycles. The predicted molar refractivity (Wildman–Crippen MR) is 118 cm³/mol. The molecule has 0 unspecified atom stereocenters. The third-order valence-corrected chi connectivity index (χ3v) is 5.62. The van der Waals surface area contributed by atoms with Gasteiger partial charge in [-0.1, -0.05) is 76.6 Å². The maximum Gasteiger partial charge on any atom is 0.0541 e. The van der Waals surface area contributed by atoms with E-state index in [-0.39, 0.29) is 0 Å². The Kier molecular flexibility index (Phi) is 4.06. The van der Waals surface area contributed by atoms with Crippen LogP contribution in [-0.2, 0) is 6.42 Å². The van der Waals surface area contributed by atoms with Gasteiger partial charge in [-0.05, 0) is 53.9 Å². The summed E-state index contributed by atoms with van der Waals surface area (Å²) in [5.74, 6) is 0. The Morgan fingerprint density at radius 1 is 0.556 bits per heavy atom. The van der Waals surface area contributed by atoms with Gasteiger partial charge in [-0.3, -0.25) is 0 Å². The van der Waals surface area contributed by atoms with E-state index < -0.39 is 0 Å². The Balaban J connectivity index is 1.57. The molecule has 4 aromatic carbocycles. The third-order valence-electron chi connectivity index (χ3n) is 5.10. The molecule has 0 fully saturated rings. The summed E-state index contributed by atoms with van der Waals surface area (Å²) in [7, 11) is 0. The van der Waals surface area contributed by atoms with E-state index in [4.69, 9.17) is 0 Å². The highest BCUT2D eigenvalue weighted by molar-refractivity contribution is 9.10. The zero-order valence-corrected chi connectivity index (χ0v) is 16.4. The van der Waals surface area contributed by atoms with Crippen LogP contribution in [0.1, 0.15) is 11.1 Å². The van der Waals surface area contributed by atoms with Crippen LogP contribution in [0.15, 0.2) is 102 Å². The highest BCUT2D eigenvalue weighted by Crippen LogP contribution is 2.31. The van der Waals surface area contributed by atoms with E-state index in [0.717, 1.165) is 10.9 Å². The second kappa shape index (κ2) is 6.71. The number of halogens is 1. The van der Waals surface area contributed by atoms with Crippen molar-refractivity contribution >= 4 is 37.7 Å². The Morgan fingerprint density at radius 3 is 1.59 bits per heavy atom. The van der Waals surface area contributed by atoms with Gasteiger partial charge < -0.3 is 4.57 Å². The molecule has 27 heavy (non-hydrogen) atoms. The molecule has 0 radical (unpaired) electrons. The first-order valence-electron chi connectivity index (χ1n) is 9.11. The van der Waals surface area contributed by atoms with Gasteiger partial charge in [0, 0.05) is 20.9 Å². The van der Waals surface area contributed by atoms with E-state index in [0.29, 0.717) is 0 Å². The Morgan fingerprint density at radius 2 is 1.04 bits per heavy atom. The summed E-state index contributed by atoms with van der Waals surface area (Å²) in [6, 6.07) is 34.7. The highest BCUT2D eigenvalue weighted by atomic mass is 79.9. The maximum absolute atomic E-state index is 3.50. The quantitative estimate of drug-likeness (QED) is 0.297. The minimum absolute atomic E-state index is 0.945. The van der Waals surface area contributed by atoms with Crippen LogP contribution in [0.4, 0.5) is 0 Å². The van der Waals surface area contributed by atoms with Crippen molar-refractivity contribution in [2.24, 2.45) is 0 Å². The van der Waals surface area contributed by atoms with Gasteiger partial charge in [0.2, 0.25) is 0 Å². The number of fused-ring (bicyclic) bond motifs is 3. The fourth-order valence-electron chi connectivity index (χ4n) is 3.80. The number of benzene rings is 4. The highest BCUT2D eigenvalue weighted by Gasteiger charge is 2.11. The lowest BCUT2D eigenvalue weighted by Crippen LogP contribution is -1.95. The van der Waals surface area contributed by atoms with Crippen molar-refractivity contribution in [3.63, 3.8) is 0 Å². The summed E-state index contributed by atoms with van der Waals surface area (Å²) >= 11 is 3.50. The van der Waals surface area contributed by atoms with E-state index in [1.54, 1.807) is 0 Å². The number of nitrogens with zero attached hydrogens (tertiary/aromatic N) is 1. The standard InChI is InChI=1S/C25H18BrN/c26-20-13-9-18(10-14-20)17-19-11-15-21(16-12-19)27-24-7-3-1-5-22(24)23-6-2-4-8-25(23)27/h1-16H,17H2. The lowest BCUT2D eigenvalue weighted by atomic mass is 10.0. The van der Waals surface area contributed by atoms with Crippen molar-refractivity contribution < 1.29 is 0 Å². The zero-order valence-electron chi connectivity index (χ0n) is 14.8. The van der Waals surface area contributed by atoms with Crippen LogP contribution in [0, 0.1) is 0 Å². The zero-order chi connectivity index (χ0) is 18.2. The number of para-hydroxylation sites is 2. The van der Waals surface area contributed by atoms with E-state index >= 15 is 0 Å². The molecule has 0 aliphatic carbocycles. The Hall–Kier alpha value is -2.84. The number of aromatic nitrogens is 1. The van der Waals surface area contributed by atoms with Gasteiger partial charge in [-0.25, -0.2) is 0 Å². The summed E-state index contributed by atoms with van der Waals surface area (Å²) in [6.07, 6.45) is 0.945. The molecular weight excluding hydrogens is 394 g/mol. The molecule has 0 aliphatic heterocycles. The van der Waals surface area contributed by atoms with Crippen LogP contribution < -0.4 is 0 Å². The summed E-state index contributed by atoms with van der Waals surface area (Å²) in [6.45, 7) is 0. The molecular formula is C25H18BrN. The van der Waals surface area contributed by atoms with Crippen LogP contribution in [-0.4, -0.2) is 4.57 Å². The molecule has 0 saturated heterocycles. The van der Waals surface area contributed by atoms with Crippen molar-refractivity contribution in [2.75, 3.05) is 0 Å². The lowest BCUT2D eigenvalue weighted by molar-refractivity contribution is 1.15. The van der Waals surface area contributed by atoms with E-state index in [9.17, 15) is 0 Å². The summed E-state index contributed by atoms with van der Waals surface area (Å²) in [4.78, 5) is 0. The first kappa shape index (κ1) is 16.3. The van der Waals surface area contributed by atoms with Crippen LogP contribution in [0.3, 0.4) is 0 Å². The summed E-state index contributed by atoms with van der Waals surface area (Å²) < 4.78 is 3.47. The first-order valence-corrected chi connectivity index (χ1v) is 9.91. The molecule has 1 heterocycles. The molecule has 130 valence electrons. The van der Waals surface area contributed by atoms with Crippen LogP contribution in [0.2, 0.25) is 0 Å². The van der Waals surface area contributed by atoms with Gasteiger partial charge in [0.25, 0.3) is 0 Å². The average molecular weight is 412 g/mol. The van der Waals surface area contributed by atoms with Gasteiger partial charge >= 0.3 is 0 Å². The average Bonchev–Trinajstić information content (AvgIpc) is 3.05. The Labute approximate surface area is 167 Å². The smallest absolute Gasteiger partial charge is 0.0541 e. The van der Waals surface area contributed by atoms with Crippen molar-refractivity contribution in [2.45, 2.75) is 6.42 Å². The normalized spacial score (nSPS) is 11.3. The van der Waals surface area contributed by atoms with Gasteiger partial charge in [-0.2, -0.15) is 0 Å². The largest absolute Gasteiger partial charge is 0.309 e. The molecule has 0 bridgehead atoms.